The molecular formula is C19H23NO3. The van der Waals surface area contributed by atoms with E-state index in [0.717, 1.165) is 24.9 Å². The van der Waals surface area contributed by atoms with Gasteiger partial charge >= 0.3 is 5.97 Å². The van der Waals surface area contributed by atoms with Crippen molar-refractivity contribution in [2.75, 3.05) is 6.54 Å². The zero-order valence-electron chi connectivity index (χ0n) is 13.2. The summed E-state index contributed by atoms with van der Waals surface area (Å²) in [5.41, 5.74) is 1.14. The lowest BCUT2D eigenvalue weighted by Crippen LogP contribution is -2.38. The Kier molecular flexibility index (Phi) is 4.79. The molecule has 1 aromatic rings. The number of carboxylic acid groups (broad SMARTS) is 1. The van der Waals surface area contributed by atoms with Crippen LogP contribution in [0.25, 0.3) is 6.08 Å². The second kappa shape index (κ2) is 6.99. The van der Waals surface area contributed by atoms with E-state index in [2.05, 4.69) is 12.2 Å². The van der Waals surface area contributed by atoms with Gasteiger partial charge in [0.15, 0.2) is 0 Å². The number of hydrogen-bond donors (Lipinski definition) is 1. The molecule has 1 aromatic carbocycles. The average Bonchev–Trinajstić information content (AvgIpc) is 3.22. The Labute approximate surface area is 136 Å². The molecule has 1 unspecified atom stereocenters. The van der Waals surface area contributed by atoms with E-state index in [1.165, 1.54) is 0 Å². The van der Waals surface area contributed by atoms with Gasteiger partial charge in [0, 0.05) is 12.5 Å². The summed E-state index contributed by atoms with van der Waals surface area (Å²) in [4.78, 5) is 25.8. The van der Waals surface area contributed by atoms with Crippen LogP contribution in [0.3, 0.4) is 0 Å². The first-order chi connectivity index (χ1) is 11.1. The number of likely N-dealkylation sites (tertiary alicyclic amines) is 1. The van der Waals surface area contributed by atoms with E-state index in [9.17, 15) is 9.59 Å². The third-order valence-corrected chi connectivity index (χ3v) is 5.02. The molecule has 1 N–H and O–H groups in total. The minimum Gasteiger partial charge on any atom is -0.481 e. The smallest absolute Gasteiger partial charge is 0.306 e. The van der Waals surface area contributed by atoms with Crippen LogP contribution >= 0.6 is 0 Å². The standard InChI is InChI=1S/C19H23NO3/c21-18(15-9-10-16(13-15)19(22)23)20-12-4-7-17(20)11-8-14-5-2-1-3-6-14/h1-3,5-6,8,11,15-17H,4,7,9-10,12-13H2,(H,22,23)/b11-8+/t15-,16+,17?/m0/s1. The van der Waals surface area contributed by atoms with Crippen molar-refractivity contribution in [2.45, 2.75) is 38.1 Å². The van der Waals surface area contributed by atoms with Gasteiger partial charge in [-0.25, -0.2) is 0 Å². The lowest BCUT2D eigenvalue weighted by atomic mass is 10.0. The molecule has 2 aliphatic rings. The van der Waals surface area contributed by atoms with Gasteiger partial charge in [0.1, 0.15) is 0 Å². The number of benzene rings is 1. The van der Waals surface area contributed by atoms with Crippen molar-refractivity contribution in [1.29, 1.82) is 0 Å². The van der Waals surface area contributed by atoms with Crippen molar-refractivity contribution in [1.82, 2.24) is 4.90 Å². The zero-order chi connectivity index (χ0) is 16.2. The van der Waals surface area contributed by atoms with Crippen LogP contribution in [0.5, 0.6) is 0 Å². The molecule has 1 saturated carbocycles. The molecule has 1 amide bonds. The molecule has 2 fully saturated rings. The van der Waals surface area contributed by atoms with Gasteiger partial charge in [-0.3, -0.25) is 9.59 Å². The van der Waals surface area contributed by atoms with E-state index in [0.29, 0.717) is 19.3 Å². The molecule has 3 atom stereocenters. The first-order valence-electron chi connectivity index (χ1n) is 8.41. The van der Waals surface area contributed by atoms with Crippen molar-refractivity contribution >= 4 is 18.0 Å². The molecule has 1 aliphatic carbocycles. The topological polar surface area (TPSA) is 57.6 Å². The van der Waals surface area contributed by atoms with Gasteiger partial charge in [0.25, 0.3) is 0 Å². The van der Waals surface area contributed by atoms with Crippen molar-refractivity contribution in [3.05, 3.63) is 42.0 Å². The normalized spacial score (nSPS) is 27.7. The molecule has 0 spiro atoms. The van der Waals surface area contributed by atoms with Crippen molar-refractivity contribution in [2.24, 2.45) is 11.8 Å². The Morgan fingerprint density at radius 1 is 1.09 bits per heavy atom. The highest BCUT2D eigenvalue weighted by molar-refractivity contribution is 5.81. The molecule has 4 heteroatoms. The number of carboxylic acids is 1. The van der Waals surface area contributed by atoms with Gasteiger partial charge in [-0.15, -0.1) is 0 Å². The highest BCUT2D eigenvalue weighted by Crippen LogP contribution is 2.34. The first kappa shape index (κ1) is 15.8. The summed E-state index contributed by atoms with van der Waals surface area (Å²) in [5, 5.41) is 9.10. The van der Waals surface area contributed by atoms with E-state index in [4.69, 9.17) is 5.11 Å². The van der Waals surface area contributed by atoms with Crippen molar-refractivity contribution in [3.8, 4) is 0 Å². The van der Waals surface area contributed by atoms with E-state index < -0.39 is 5.97 Å². The van der Waals surface area contributed by atoms with Crippen LogP contribution in [0.2, 0.25) is 0 Å². The van der Waals surface area contributed by atoms with Gasteiger partial charge in [-0.2, -0.15) is 0 Å². The summed E-state index contributed by atoms with van der Waals surface area (Å²) in [6.45, 7) is 0.789. The third kappa shape index (κ3) is 3.63. The highest BCUT2D eigenvalue weighted by Gasteiger charge is 2.38. The summed E-state index contributed by atoms with van der Waals surface area (Å²) < 4.78 is 0. The Morgan fingerprint density at radius 3 is 2.52 bits per heavy atom. The van der Waals surface area contributed by atoms with E-state index in [1.54, 1.807) is 0 Å². The predicted molar refractivity (Wildman–Crippen MR) is 88.7 cm³/mol. The van der Waals surface area contributed by atoms with E-state index in [1.807, 2.05) is 35.2 Å². The van der Waals surface area contributed by atoms with Gasteiger partial charge in [-0.1, -0.05) is 42.5 Å². The maximum absolute atomic E-state index is 12.7. The largest absolute Gasteiger partial charge is 0.481 e. The zero-order valence-corrected chi connectivity index (χ0v) is 13.2. The minimum absolute atomic E-state index is 0.109. The fraction of sp³-hybridized carbons (Fsp3) is 0.474. The van der Waals surface area contributed by atoms with Crippen LogP contribution in [0, 0.1) is 11.8 Å². The molecule has 1 aliphatic heterocycles. The van der Waals surface area contributed by atoms with Crippen LogP contribution in [0.4, 0.5) is 0 Å². The summed E-state index contributed by atoms with van der Waals surface area (Å²) in [6.07, 6.45) is 8.04. The maximum Gasteiger partial charge on any atom is 0.306 e. The van der Waals surface area contributed by atoms with Crippen LogP contribution < -0.4 is 0 Å². The average molecular weight is 313 g/mol. The van der Waals surface area contributed by atoms with Crippen LogP contribution in [0.1, 0.15) is 37.7 Å². The summed E-state index contributed by atoms with van der Waals surface area (Å²) in [5.74, 6) is -1.07. The summed E-state index contributed by atoms with van der Waals surface area (Å²) in [7, 11) is 0. The Balaban J connectivity index is 1.63. The minimum atomic E-state index is -0.762. The van der Waals surface area contributed by atoms with E-state index in [-0.39, 0.29) is 23.8 Å². The highest BCUT2D eigenvalue weighted by atomic mass is 16.4. The van der Waals surface area contributed by atoms with Crippen LogP contribution in [-0.4, -0.2) is 34.5 Å². The van der Waals surface area contributed by atoms with Crippen molar-refractivity contribution in [3.63, 3.8) is 0 Å². The number of rotatable bonds is 4. The van der Waals surface area contributed by atoms with Gasteiger partial charge < -0.3 is 10.0 Å². The molecular weight excluding hydrogens is 290 g/mol. The molecule has 0 bridgehead atoms. The molecule has 122 valence electrons. The second-order valence-electron chi connectivity index (χ2n) is 6.56. The molecule has 4 nitrogen and oxygen atoms in total. The number of nitrogens with zero attached hydrogens (tertiary/aromatic N) is 1. The summed E-state index contributed by atoms with van der Waals surface area (Å²) in [6, 6.07) is 10.2. The van der Waals surface area contributed by atoms with Gasteiger partial charge in [-0.05, 0) is 37.7 Å². The quantitative estimate of drug-likeness (QED) is 0.928. The molecule has 23 heavy (non-hydrogen) atoms. The molecule has 3 rings (SSSR count). The second-order valence-corrected chi connectivity index (χ2v) is 6.56. The van der Waals surface area contributed by atoms with E-state index >= 15 is 0 Å². The summed E-state index contributed by atoms with van der Waals surface area (Å²) >= 11 is 0. The Morgan fingerprint density at radius 2 is 1.83 bits per heavy atom. The number of aliphatic carboxylic acids is 1. The van der Waals surface area contributed by atoms with Gasteiger partial charge in [0.05, 0.1) is 12.0 Å². The fourth-order valence-electron chi connectivity index (χ4n) is 3.72. The predicted octanol–water partition coefficient (Wildman–Crippen LogP) is 3.19. The van der Waals surface area contributed by atoms with Crippen LogP contribution in [0.15, 0.2) is 36.4 Å². The van der Waals surface area contributed by atoms with Crippen molar-refractivity contribution < 1.29 is 14.7 Å². The first-order valence-corrected chi connectivity index (χ1v) is 8.41. The lowest BCUT2D eigenvalue weighted by Gasteiger charge is -2.25. The molecule has 0 radical (unpaired) electrons. The number of amides is 1. The third-order valence-electron chi connectivity index (χ3n) is 5.02. The van der Waals surface area contributed by atoms with Gasteiger partial charge in [0.2, 0.25) is 5.91 Å². The fourth-order valence-corrected chi connectivity index (χ4v) is 3.72. The Hall–Kier alpha value is -2.10. The number of carbonyl (C=O) groups is 2. The monoisotopic (exact) mass is 313 g/mol. The molecule has 1 heterocycles. The Bertz CT molecular complexity index is 596. The lowest BCUT2D eigenvalue weighted by molar-refractivity contribution is -0.141. The number of carbonyl (C=O) groups excluding carboxylic acids is 1. The number of hydrogen-bond acceptors (Lipinski definition) is 2. The van der Waals surface area contributed by atoms with Crippen LogP contribution in [-0.2, 0) is 9.59 Å². The molecule has 0 aromatic heterocycles. The SMILES string of the molecule is O=C(O)[C@@H]1CC[C@H](C(=O)N2CCCC2/C=C/c2ccccc2)C1. The maximum atomic E-state index is 12.7. The molecule has 1 saturated heterocycles.